The van der Waals surface area contributed by atoms with Crippen LogP contribution >= 0.6 is 11.3 Å². The molecule has 3 aliphatic heterocycles. The molecule has 0 amide bonds. The van der Waals surface area contributed by atoms with Gasteiger partial charge in [0.05, 0.1) is 25.4 Å². The number of aromatic nitrogens is 1. The number of ether oxygens (including phenoxy) is 2. The number of fused-ring (bicyclic) bond motifs is 2. The van der Waals surface area contributed by atoms with Crippen LogP contribution in [0.5, 0.6) is 0 Å². The van der Waals surface area contributed by atoms with Gasteiger partial charge in [-0.3, -0.25) is 14.7 Å². The Kier molecular flexibility index (Phi) is 7.31. The number of rotatable bonds is 8. The molecule has 2 fully saturated rings. The number of esters is 1. The predicted octanol–water partition coefficient (Wildman–Crippen LogP) is 2.89. The summed E-state index contributed by atoms with van der Waals surface area (Å²) in [7, 11) is 0. The van der Waals surface area contributed by atoms with E-state index < -0.39 is 29.6 Å². The highest BCUT2D eigenvalue weighted by atomic mass is 32.1. The highest BCUT2D eigenvalue weighted by Crippen LogP contribution is 2.39. The number of carboxylic acids is 1. The van der Waals surface area contributed by atoms with Crippen molar-refractivity contribution in [1.82, 2.24) is 15.2 Å². The second kappa shape index (κ2) is 10.6. The summed E-state index contributed by atoms with van der Waals surface area (Å²) in [5.41, 5.74) is 0.414. The molecule has 196 valence electrons. The van der Waals surface area contributed by atoms with E-state index >= 15 is 4.39 Å². The van der Waals surface area contributed by atoms with E-state index in [4.69, 9.17) is 9.47 Å². The molecule has 0 aliphatic carbocycles. The van der Waals surface area contributed by atoms with Gasteiger partial charge in [-0.1, -0.05) is 12.1 Å². The molecule has 37 heavy (non-hydrogen) atoms. The van der Waals surface area contributed by atoms with Gasteiger partial charge in [-0.05, 0) is 25.3 Å². The molecule has 9 nitrogen and oxygen atoms in total. The van der Waals surface area contributed by atoms with E-state index in [0.717, 1.165) is 6.07 Å². The number of amidine groups is 1. The van der Waals surface area contributed by atoms with Crippen molar-refractivity contribution in [2.24, 2.45) is 10.9 Å². The molecular weight excluding hydrogens is 506 g/mol. The minimum atomic E-state index is -1.17. The van der Waals surface area contributed by atoms with Crippen molar-refractivity contribution >= 4 is 29.1 Å². The molecule has 4 atom stereocenters. The van der Waals surface area contributed by atoms with E-state index in [2.05, 4.69) is 20.2 Å². The number of carbonyl (C=O) groups excluding carboxylic acids is 1. The monoisotopic (exact) mass is 532 g/mol. The quantitative estimate of drug-likeness (QED) is 0.499. The number of carbonyl (C=O) groups is 2. The third-order valence-corrected chi connectivity index (χ3v) is 7.70. The number of thiazole rings is 1. The number of nitrogens with zero attached hydrogens (tertiary/aromatic N) is 3. The first-order chi connectivity index (χ1) is 17.9. The Bertz CT molecular complexity index is 1250. The SMILES string of the molecule is CCOC(=O)C1=C(CN2[C@H]3COC[C@@H]2[C@@H](CC(=O)O)C3)NC(c2nccs2)=N[C@H]1c1cccc(F)c1F. The van der Waals surface area contributed by atoms with Crippen molar-refractivity contribution in [3.8, 4) is 0 Å². The Balaban J connectivity index is 1.59. The summed E-state index contributed by atoms with van der Waals surface area (Å²) < 4.78 is 40.3. The number of halogens is 2. The summed E-state index contributed by atoms with van der Waals surface area (Å²) in [4.78, 5) is 35.8. The highest BCUT2D eigenvalue weighted by Gasteiger charge is 2.46. The second-order valence-electron chi connectivity index (χ2n) is 9.12. The number of morpholine rings is 1. The average Bonchev–Trinajstić information content (AvgIpc) is 3.45. The van der Waals surface area contributed by atoms with Gasteiger partial charge >= 0.3 is 11.9 Å². The molecule has 1 aromatic heterocycles. The van der Waals surface area contributed by atoms with Crippen LogP contribution in [0.25, 0.3) is 0 Å². The first kappa shape index (κ1) is 25.4. The molecular formula is C25H26F2N4O5S. The molecule has 0 radical (unpaired) electrons. The zero-order valence-corrected chi connectivity index (χ0v) is 20.8. The van der Waals surface area contributed by atoms with Crippen molar-refractivity contribution in [2.75, 3.05) is 26.4 Å². The lowest BCUT2D eigenvalue weighted by atomic mass is 9.94. The Labute approximate surface area is 215 Å². The largest absolute Gasteiger partial charge is 0.481 e. The van der Waals surface area contributed by atoms with Crippen LogP contribution in [0.2, 0.25) is 0 Å². The molecule has 5 rings (SSSR count). The van der Waals surface area contributed by atoms with E-state index in [1.807, 2.05) is 0 Å². The molecule has 2 aromatic rings. The van der Waals surface area contributed by atoms with Crippen molar-refractivity contribution in [2.45, 2.75) is 37.9 Å². The number of hydrogen-bond acceptors (Lipinski definition) is 9. The van der Waals surface area contributed by atoms with E-state index in [1.165, 1.54) is 23.5 Å². The minimum absolute atomic E-state index is 0.0151. The van der Waals surface area contributed by atoms with Gasteiger partial charge in [0.2, 0.25) is 0 Å². The zero-order chi connectivity index (χ0) is 26.1. The maximum Gasteiger partial charge on any atom is 0.338 e. The number of carboxylic acid groups (broad SMARTS) is 1. The Morgan fingerprint density at radius 2 is 2.16 bits per heavy atom. The summed E-state index contributed by atoms with van der Waals surface area (Å²) in [6, 6.07) is 2.39. The van der Waals surface area contributed by atoms with Crippen LogP contribution in [-0.2, 0) is 19.1 Å². The van der Waals surface area contributed by atoms with Crippen LogP contribution < -0.4 is 5.32 Å². The summed E-state index contributed by atoms with van der Waals surface area (Å²) in [5.74, 6) is -3.48. The van der Waals surface area contributed by atoms with Crippen LogP contribution in [0.1, 0.15) is 36.4 Å². The molecule has 0 spiro atoms. The van der Waals surface area contributed by atoms with E-state index in [-0.39, 0.29) is 48.7 Å². The summed E-state index contributed by atoms with van der Waals surface area (Å²) in [5, 5.41) is 14.9. The molecule has 2 N–H and O–H groups in total. The van der Waals surface area contributed by atoms with Gasteiger partial charge < -0.3 is 19.9 Å². The van der Waals surface area contributed by atoms with Crippen molar-refractivity contribution in [1.29, 1.82) is 0 Å². The topological polar surface area (TPSA) is 113 Å². The van der Waals surface area contributed by atoms with Crippen molar-refractivity contribution < 1.29 is 33.0 Å². The number of nitrogens with one attached hydrogen (secondary N) is 1. The van der Waals surface area contributed by atoms with Gasteiger partial charge in [-0.25, -0.2) is 18.6 Å². The molecule has 2 saturated heterocycles. The van der Waals surface area contributed by atoms with Crippen LogP contribution in [0.15, 0.2) is 46.0 Å². The lowest BCUT2D eigenvalue weighted by Crippen LogP contribution is -2.50. The molecule has 12 heteroatoms. The van der Waals surface area contributed by atoms with Crippen LogP contribution in [0.4, 0.5) is 8.78 Å². The van der Waals surface area contributed by atoms with Gasteiger partial charge in [0, 0.05) is 47.9 Å². The number of aliphatic imine (C=N–C) groups is 1. The van der Waals surface area contributed by atoms with Gasteiger partial charge in [-0.15, -0.1) is 11.3 Å². The number of hydrogen-bond donors (Lipinski definition) is 2. The summed E-state index contributed by atoms with van der Waals surface area (Å²) in [6.45, 7) is 2.77. The van der Waals surface area contributed by atoms with E-state index in [1.54, 1.807) is 18.5 Å². The Morgan fingerprint density at radius 1 is 1.32 bits per heavy atom. The fourth-order valence-corrected chi connectivity index (χ4v) is 5.94. The smallest absolute Gasteiger partial charge is 0.338 e. The van der Waals surface area contributed by atoms with Gasteiger partial charge in [0.15, 0.2) is 22.5 Å². The minimum Gasteiger partial charge on any atom is -0.481 e. The lowest BCUT2D eigenvalue weighted by molar-refractivity contribution is -0.139. The first-order valence-electron chi connectivity index (χ1n) is 12.0. The van der Waals surface area contributed by atoms with E-state index in [0.29, 0.717) is 36.2 Å². The molecule has 1 aromatic carbocycles. The number of benzene rings is 1. The molecule has 0 unspecified atom stereocenters. The first-order valence-corrected chi connectivity index (χ1v) is 12.9. The van der Waals surface area contributed by atoms with Gasteiger partial charge in [0.25, 0.3) is 0 Å². The van der Waals surface area contributed by atoms with Crippen molar-refractivity contribution in [3.05, 3.63) is 63.3 Å². The second-order valence-corrected chi connectivity index (χ2v) is 10.0. The van der Waals surface area contributed by atoms with E-state index in [9.17, 15) is 19.1 Å². The Hall–Kier alpha value is -3.22. The van der Waals surface area contributed by atoms with Crippen LogP contribution in [0, 0.1) is 17.6 Å². The highest BCUT2D eigenvalue weighted by molar-refractivity contribution is 7.11. The lowest BCUT2D eigenvalue weighted by Gasteiger charge is -2.37. The molecule has 2 bridgehead atoms. The summed E-state index contributed by atoms with van der Waals surface area (Å²) in [6.07, 6.45) is 2.26. The van der Waals surface area contributed by atoms with Crippen LogP contribution in [0.3, 0.4) is 0 Å². The Morgan fingerprint density at radius 3 is 2.89 bits per heavy atom. The van der Waals surface area contributed by atoms with Crippen LogP contribution in [-0.4, -0.2) is 71.2 Å². The maximum atomic E-state index is 15.0. The molecule has 0 saturated carbocycles. The molecule has 3 aliphatic rings. The zero-order valence-electron chi connectivity index (χ0n) is 20.0. The maximum absolute atomic E-state index is 15.0. The fraction of sp³-hybridized carbons (Fsp3) is 0.440. The summed E-state index contributed by atoms with van der Waals surface area (Å²) >= 11 is 1.31. The number of aliphatic carboxylic acids is 1. The third-order valence-electron chi connectivity index (χ3n) is 6.92. The normalized spacial score (nSPS) is 25.5. The predicted molar refractivity (Wildman–Crippen MR) is 130 cm³/mol. The standard InChI is InChI=1S/C25H26F2N4O5S/c1-2-36-25(34)20-17(10-31-14-8-13(9-19(32)33)18(31)12-35-11-14)29-23(24-28-6-7-37-24)30-22(20)15-4-3-5-16(26)21(15)27/h3-7,13-14,18,22H,2,8-12H2,1H3,(H,29,30)(H,32,33)/t13-,14-,18-,22+/m1/s1. The average molecular weight is 533 g/mol. The van der Waals surface area contributed by atoms with Gasteiger partial charge in [0.1, 0.15) is 6.04 Å². The van der Waals surface area contributed by atoms with Gasteiger partial charge in [-0.2, -0.15) is 0 Å². The fourth-order valence-electron chi connectivity index (χ4n) is 5.35. The molecule has 4 heterocycles. The van der Waals surface area contributed by atoms with Crippen molar-refractivity contribution in [3.63, 3.8) is 0 Å². The third kappa shape index (κ3) is 5.00.